The third-order valence-corrected chi connectivity index (χ3v) is 3.69. The monoisotopic (exact) mass is 317 g/mol. The number of benzene rings is 1. The van der Waals surface area contributed by atoms with Gasteiger partial charge in [0.25, 0.3) is 0 Å². The Morgan fingerprint density at radius 2 is 2.00 bits per heavy atom. The summed E-state index contributed by atoms with van der Waals surface area (Å²) in [6.45, 7) is 4.65. The predicted molar refractivity (Wildman–Crippen MR) is 70.8 cm³/mol. The molecule has 1 rings (SSSR count). The number of hydrogen-bond donors (Lipinski definition) is 0. The average Bonchev–Trinajstić information content (AvgIpc) is 2.21. The molecule has 0 N–H and O–H groups in total. The quantitative estimate of drug-likeness (QED) is 0.629. The fourth-order valence-electron chi connectivity index (χ4n) is 1.18. The van der Waals surface area contributed by atoms with Gasteiger partial charge in [0.1, 0.15) is 6.29 Å². The fraction of sp³-hybridized carbons (Fsp3) is 0.417. The summed E-state index contributed by atoms with van der Waals surface area (Å²) < 4.78 is 1.24. The molecule has 0 aliphatic rings. The lowest BCUT2D eigenvalue weighted by Crippen LogP contribution is -2.42. The van der Waals surface area contributed by atoms with Crippen LogP contribution >= 0.6 is 22.6 Å². The molecular formula is C12H16INO. The summed E-state index contributed by atoms with van der Waals surface area (Å²) >= 11 is 2.32. The molecule has 1 aromatic carbocycles. The Balaban J connectivity index is 2.79. The number of carbonyl (C=O) groups excluding carboxylic acids is 1. The van der Waals surface area contributed by atoms with Crippen LogP contribution in [0.25, 0.3) is 0 Å². The second kappa shape index (κ2) is 5.07. The van der Waals surface area contributed by atoms with Crippen LogP contribution in [-0.4, -0.2) is 23.8 Å². The minimum atomic E-state index is -0.404. The van der Waals surface area contributed by atoms with Crippen molar-refractivity contribution in [3.63, 3.8) is 0 Å². The van der Waals surface area contributed by atoms with Crippen LogP contribution in [0.2, 0.25) is 0 Å². The smallest absolute Gasteiger partial charge is 0.139 e. The van der Waals surface area contributed by atoms with E-state index in [1.165, 1.54) is 9.13 Å². The molecule has 0 aliphatic heterocycles. The van der Waals surface area contributed by atoms with E-state index in [-0.39, 0.29) is 0 Å². The maximum Gasteiger partial charge on any atom is 0.139 e. The molecule has 2 nitrogen and oxygen atoms in total. The van der Waals surface area contributed by atoms with Crippen LogP contribution in [-0.2, 0) is 11.3 Å². The van der Waals surface area contributed by atoms with Gasteiger partial charge in [0.15, 0.2) is 0 Å². The van der Waals surface area contributed by atoms with Crippen molar-refractivity contribution >= 4 is 28.9 Å². The topological polar surface area (TPSA) is 20.3 Å². The Labute approximate surface area is 105 Å². The molecule has 0 heterocycles. The van der Waals surface area contributed by atoms with Gasteiger partial charge in [-0.15, -0.1) is 0 Å². The number of halogens is 1. The van der Waals surface area contributed by atoms with Crippen molar-refractivity contribution in [3.05, 3.63) is 33.4 Å². The highest BCUT2D eigenvalue weighted by Gasteiger charge is 2.22. The zero-order valence-electron chi connectivity index (χ0n) is 9.33. The summed E-state index contributed by atoms with van der Waals surface area (Å²) in [6.07, 6.45) is 0.989. The van der Waals surface area contributed by atoms with Gasteiger partial charge in [0.2, 0.25) is 0 Å². The lowest BCUT2D eigenvalue weighted by molar-refractivity contribution is -0.116. The number of nitrogens with zero attached hydrogens (tertiary/aromatic N) is 1. The molecule has 0 atom stereocenters. The molecule has 0 spiro atoms. The van der Waals surface area contributed by atoms with Gasteiger partial charge >= 0.3 is 0 Å². The lowest BCUT2D eigenvalue weighted by Gasteiger charge is -2.30. The van der Waals surface area contributed by atoms with Crippen LogP contribution in [0.1, 0.15) is 19.4 Å². The van der Waals surface area contributed by atoms with Crippen LogP contribution in [0, 0.1) is 3.57 Å². The van der Waals surface area contributed by atoms with Gasteiger partial charge in [0, 0.05) is 10.1 Å². The van der Waals surface area contributed by atoms with Gasteiger partial charge in [-0.3, -0.25) is 4.90 Å². The van der Waals surface area contributed by atoms with E-state index in [0.29, 0.717) is 0 Å². The Morgan fingerprint density at radius 3 is 2.53 bits per heavy atom. The molecule has 0 amide bonds. The van der Waals surface area contributed by atoms with Gasteiger partial charge in [-0.1, -0.05) is 18.2 Å². The van der Waals surface area contributed by atoms with E-state index in [1.54, 1.807) is 0 Å². The SMILES string of the molecule is CN(Cc1ccccc1I)C(C)(C)C=O. The summed E-state index contributed by atoms with van der Waals surface area (Å²) in [6, 6.07) is 8.23. The molecule has 82 valence electrons. The van der Waals surface area contributed by atoms with Crippen LogP contribution in [0.3, 0.4) is 0 Å². The van der Waals surface area contributed by atoms with Crippen molar-refractivity contribution in [2.24, 2.45) is 0 Å². The number of aldehydes is 1. The first-order valence-corrected chi connectivity index (χ1v) is 5.96. The van der Waals surface area contributed by atoms with Crippen LogP contribution in [0.5, 0.6) is 0 Å². The van der Waals surface area contributed by atoms with Crippen LogP contribution in [0.4, 0.5) is 0 Å². The summed E-state index contributed by atoms with van der Waals surface area (Å²) in [5.41, 5.74) is 0.856. The molecule has 0 saturated heterocycles. The van der Waals surface area contributed by atoms with E-state index in [0.717, 1.165) is 12.8 Å². The third kappa shape index (κ3) is 3.28. The van der Waals surface area contributed by atoms with E-state index in [1.807, 2.05) is 33.0 Å². The summed E-state index contributed by atoms with van der Waals surface area (Å²) in [5.74, 6) is 0. The van der Waals surface area contributed by atoms with Crippen molar-refractivity contribution in [2.75, 3.05) is 7.05 Å². The lowest BCUT2D eigenvalue weighted by atomic mass is 10.1. The molecule has 0 saturated carbocycles. The van der Waals surface area contributed by atoms with Crippen LogP contribution in [0.15, 0.2) is 24.3 Å². The zero-order chi connectivity index (χ0) is 11.5. The normalized spacial score (nSPS) is 11.8. The van der Waals surface area contributed by atoms with E-state index in [2.05, 4.69) is 39.6 Å². The second-order valence-electron chi connectivity index (χ2n) is 4.22. The van der Waals surface area contributed by atoms with Crippen molar-refractivity contribution in [1.29, 1.82) is 0 Å². The molecule has 0 bridgehead atoms. The molecule has 0 fully saturated rings. The van der Waals surface area contributed by atoms with Crippen molar-refractivity contribution in [2.45, 2.75) is 25.9 Å². The maximum atomic E-state index is 10.9. The van der Waals surface area contributed by atoms with Gasteiger partial charge in [-0.05, 0) is 55.1 Å². The average molecular weight is 317 g/mol. The van der Waals surface area contributed by atoms with Crippen molar-refractivity contribution in [1.82, 2.24) is 4.90 Å². The standard InChI is InChI=1S/C12H16INO/c1-12(2,9-15)14(3)8-10-6-4-5-7-11(10)13/h4-7,9H,8H2,1-3H3. The minimum Gasteiger partial charge on any atom is -0.301 e. The zero-order valence-corrected chi connectivity index (χ0v) is 11.5. The molecule has 0 aliphatic carbocycles. The largest absolute Gasteiger partial charge is 0.301 e. The fourth-order valence-corrected chi connectivity index (χ4v) is 1.73. The molecular weight excluding hydrogens is 301 g/mol. The highest BCUT2D eigenvalue weighted by molar-refractivity contribution is 14.1. The van der Waals surface area contributed by atoms with Gasteiger partial charge < -0.3 is 4.79 Å². The maximum absolute atomic E-state index is 10.9. The Morgan fingerprint density at radius 1 is 1.40 bits per heavy atom. The number of hydrogen-bond acceptors (Lipinski definition) is 2. The van der Waals surface area contributed by atoms with E-state index < -0.39 is 5.54 Å². The first kappa shape index (κ1) is 12.6. The van der Waals surface area contributed by atoms with E-state index >= 15 is 0 Å². The summed E-state index contributed by atoms with van der Waals surface area (Å²) in [7, 11) is 1.97. The van der Waals surface area contributed by atoms with E-state index in [9.17, 15) is 4.79 Å². The Hall–Kier alpha value is -0.420. The van der Waals surface area contributed by atoms with Gasteiger partial charge in [0.05, 0.1) is 5.54 Å². The molecule has 15 heavy (non-hydrogen) atoms. The molecule has 0 aromatic heterocycles. The highest BCUT2D eigenvalue weighted by atomic mass is 127. The summed E-state index contributed by atoms with van der Waals surface area (Å²) in [5, 5.41) is 0. The van der Waals surface area contributed by atoms with Crippen LogP contribution < -0.4 is 0 Å². The molecule has 0 radical (unpaired) electrons. The molecule has 1 aromatic rings. The van der Waals surface area contributed by atoms with Gasteiger partial charge in [-0.2, -0.15) is 0 Å². The van der Waals surface area contributed by atoms with Crippen molar-refractivity contribution in [3.8, 4) is 0 Å². The second-order valence-corrected chi connectivity index (χ2v) is 5.38. The summed E-state index contributed by atoms with van der Waals surface area (Å²) in [4.78, 5) is 13.0. The predicted octanol–water partition coefficient (Wildman–Crippen LogP) is 2.70. The van der Waals surface area contributed by atoms with Gasteiger partial charge in [-0.25, -0.2) is 0 Å². The first-order valence-electron chi connectivity index (χ1n) is 4.88. The first-order chi connectivity index (χ1) is 6.97. The minimum absolute atomic E-state index is 0.404. The third-order valence-electron chi connectivity index (χ3n) is 2.64. The molecule has 3 heteroatoms. The van der Waals surface area contributed by atoms with E-state index in [4.69, 9.17) is 0 Å². The highest BCUT2D eigenvalue weighted by Crippen LogP contribution is 2.17. The number of rotatable bonds is 4. The number of carbonyl (C=O) groups is 1. The molecule has 0 unspecified atom stereocenters. The Kier molecular flexibility index (Phi) is 4.28. The number of likely N-dealkylation sites (N-methyl/N-ethyl adjacent to an activating group) is 1. The Bertz CT molecular complexity index is 349. The van der Waals surface area contributed by atoms with Crippen molar-refractivity contribution < 1.29 is 4.79 Å².